The summed E-state index contributed by atoms with van der Waals surface area (Å²) in [6.07, 6.45) is 1.97. The number of methoxy groups -OCH3 is 1. The van der Waals surface area contributed by atoms with Gasteiger partial charge in [-0.1, -0.05) is 68.8 Å². The first-order valence-electron chi connectivity index (χ1n) is 15.4. The summed E-state index contributed by atoms with van der Waals surface area (Å²) in [4.78, 5) is 25.5. The van der Waals surface area contributed by atoms with Gasteiger partial charge in [0.2, 0.25) is 10.0 Å². The van der Waals surface area contributed by atoms with Crippen molar-refractivity contribution in [2.75, 3.05) is 30.8 Å². The molecule has 4 aromatic rings. The quantitative estimate of drug-likeness (QED) is 0.210. The van der Waals surface area contributed by atoms with Crippen LogP contribution in [0.1, 0.15) is 60.8 Å². The molecular formula is C35H41N5O5S. The summed E-state index contributed by atoms with van der Waals surface area (Å²) < 4.78 is 34.9. The van der Waals surface area contributed by atoms with E-state index in [-0.39, 0.29) is 27.8 Å². The van der Waals surface area contributed by atoms with E-state index in [1.807, 2.05) is 61.5 Å². The van der Waals surface area contributed by atoms with E-state index < -0.39 is 16.0 Å². The largest absolute Gasteiger partial charge is 0.465 e. The highest BCUT2D eigenvalue weighted by molar-refractivity contribution is 7.89. The van der Waals surface area contributed by atoms with Gasteiger partial charge in [-0.2, -0.15) is 9.40 Å². The summed E-state index contributed by atoms with van der Waals surface area (Å²) in [5.74, 6) is 0.0909. The summed E-state index contributed by atoms with van der Waals surface area (Å²) in [5.41, 5.74) is 4.31. The molecule has 2 N–H and O–H groups in total. The Morgan fingerprint density at radius 3 is 2.26 bits per heavy atom. The van der Waals surface area contributed by atoms with Gasteiger partial charge >= 0.3 is 12.0 Å². The third-order valence-corrected chi connectivity index (χ3v) is 10.2. The van der Waals surface area contributed by atoms with Gasteiger partial charge in [0, 0.05) is 30.3 Å². The lowest BCUT2D eigenvalue weighted by Gasteiger charge is -2.32. The third-order valence-electron chi connectivity index (χ3n) is 8.26. The average Bonchev–Trinajstić information content (AvgIpc) is 3.46. The smallest absolute Gasteiger partial charge is 0.339 e. The monoisotopic (exact) mass is 643 g/mol. The molecule has 5 rings (SSSR count). The molecule has 242 valence electrons. The van der Waals surface area contributed by atoms with Crippen molar-refractivity contribution in [3.8, 4) is 5.69 Å². The average molecular weight is 644 g/mol. The first-order chi connectivity index (χ1) is 21.9. The molecule has 0 radical (unpaired) electrons. The van der Waals surface area contributed by atoms with Crippen molar-refractivity contribution in [3.05, 3.63) is 101 Å². The van der Waals surface area contributed by atoms with Crippen LogP contribution in [0, 0.1) is 12.8 Å². The number of benzene rings is 3. The van der Waals surface area contributed by atoms with Crippen LogP contribution >= 0.6 is 0 Å². The number of piperidine rings is 1. The second-order valence-corrected chi connectivity index (χ2v) is 14.6. The topological polar surface area (TPSA) is 123 Å². The van der Waals surface area contributed by atoms with Crippen LogP contribution in [0.5, 0.6) is 0 Å². The molecule has 1 fully saturated rings. The van der Waals surface area contributed by atoms with Crippen molar-refractivity contribution < 1.29 is 22.7 Å². The molecule has 1 aliphatic heterocycles. The second-order valence-electron chi connectivity index (χ2n) is 12.7. The van der Waals surface area contributed by atoms with Gasteiger partial charge in [-0.05, 0) is 68.0 Å². The van der Waals surface area contributed by atoms with Crippen molar-refractivity contribution in [1.29, 1.82) is 0 Å². The number of urea groups is 1. The number of amides is 2. The number of carbonyl (C=O) groups excluding carboxylic acids is 2. The van der Waals surface area contributed by atoms with Crippen molar-refractivity contribution in [2.45, 2.75) is 57.3 Å². The van der Waals surface area contributed by atoms with Crippen LogP contribution in [-0.2, 0) is 26.6 Å². The van der Waals surface area contributed by atoms with Gasteiger partial charge in [-0.3, -0.25) is 5.32 Å². The van der Waals surface area contributed by atoms with E-state index in [4.69, 9.17) is 9.84 Å². The molecule has 1 aliphatic rings. The van der Waals surface area contributed by atoms with Crippen LogP contribution in [0.15, 0.2) is 83.8 Å². The zero-order valence-corrected chi connectivity index (χ0v) is 27.7. The molecule has 0 atom stereocenters. The molecule has 0 saturated carbocycles. The summed E-state index contributed by atoms with van der Waals surface area (Å²) in [6, 6.07) is 23.3. The van der Waals surface area contributed by atoms with Crippen molar-refractivity contribution in [1.82, 2.24) is 14.1 Å². The van der Waals surface area contributed by atoms with Gasteiger partial charge in [0.05, 0.1) is 29.0 Å². The maximum absolute atomic E-state index is 13.5. The van der Waals surface area contributed by atoms with Crippen LogP contribution in [0.3, 0.4) is 0 Å². The first-order valence-corrected chi connectivity index (χ1v) is 16.8. The van der Waals surface area contributed by atoms with E-state index in [0.717, 1.165) is 22.5 Å². The minimum absolute atomic E-state index is 0.0296. The number of anilines is 2. The number of esters is 1. The minimum atomic E-state index is -3.87. The maximum Gasteiger partial charge on any atom is 0.339 e. The standard InChI is InChI=1S/C35H41N5O5S/c1-24-14-16-27(17-15-24)40-32(23-31(38-40)35(2,3)4)37-34(42)36-29-12-8-6-10-26(29)22-25-18-20-39(21-19-25)46(43,44)30-13-9-7-11-28(30)33(41)45-5/h6-17,23,25H,18-22H2,1-5H3,(H2,36,37,42). The van der Waals surface area contributed by atoms with E-state index >= 15 is 0 Å². The molecule has 11 heteroatoms. The Labute approximate surface area is 270 Å². The van der Waals surface area contributed by atoms with Crippen molar-refractivity contribution in [3.63, 3.8) is 0 Å². The van der Waals surface area contributed by atoms with Gasteiger partial charge in [0.1, 0.15) is 5.82 Å². The minimum Gasteiger partial charge on any atom is -0.465 e. The van der Waals surface area contributed by atoms with Crippen LogP contribution in [-0.4, -0.2) is 54.7 Å². The number of nitrogens with zero attached hydrogens (tertiary/aromatic N) is 3. The number of para-hydroxylation sites is 1. The number of rotatable bonds is 8. The number of hydrogen-bond acceptors (Lipinski definition) is 6. The molecule has 46 heavy (non-hydrogen) atoms. The summed E-state index contributed by atoms with van der Waals surface area (Å²) in [7, 11) is -2.64. The Balaban J connectivity index is 1.26. The SMILES string of the molecule is COC(=O)c1ccccc1S(=O)(=O)N1CCC(Cc2ccccc2NC(=O)Nc2cc(C(C)(C)C)nn2-c2ccc(C)cc2)CC1. The molecule has 0 unspecified atom stereocenters. The predicted octanol–water partition coefficient (Wildman–Crippen LogP) is 6.55. The normalized spacial score (nSPS) is 14.5. The Morgan fingerprint density at radius 2 is 1.59 bits per heavy atom. The fourth-order valence-electron chi connectivity index (χ4n) is 5.58. The summed E-state index contributed by atoms with van der Waals surface area (Å²) in [6.45, 7) is 8.92. The third kappa shape index (κ3) is 7.32. The molecule has 0 bridgehead atoms. The van der Waals surface area contributed by atoms with E-state index in [0.29, 0.717) is 43.9 Å². The first kappa shape index (κ1) is 32.9. The fraction of sp³-hybridized carbons (Fsp3) is 0.343. The van der Waals surface area contributed by atoms with Gasteiger partial charge < -0.3 is 10.1 Å². The lowest BCUT2D eigenvalue weighted by Crippen LogP contribution is -2.39. The number of sulfonamides is 1. The zero-order chi connectivity index (χ0) is 33.1. The highest BCUT2D eigenvalue weighted by atomic mass is 32.2. The fourth-order valence-corrected chi connectivity index (χ4v) is 7.23. The Morgan fingerprint density at radius 1 is 0.935 bits per heavy atom. The Bertz CT molecular complexity index is 1820. The van der Waals surface area contributed by atoms with Crippen molar-refractivity contribution >= 4 is 33.5 Å². The van der Waals surface area contributed by atoms with Crippen LogP contribution in [0.2, 0.25) is 0 Å². The molecule has 1 saturated heterocycles. The van der Waals surface area contributed by atoms with E-state index in [9.17, 15) is 18.0 Å². The number of nitrogens with one attached hydrogen (secondary N) is 2. The molecule has 2 heterocycles. The molecule has 10 nitrogen and oxygen atoms in total. The molecule has 0 aliphatic carbocycles. The molecule has 1 aromatic heterocycles. The highest BCUT2D eigenvalue weighted by Gasteiger charge is 2.32. The number of hydrogen-bond donors (Lipinski definition) is 2. The number of carbonyl (C=O) groups is 2. The highest BCUT2D eigenvalue weighted by Crippen LogP contribution is 2.30. The van der Waals surface area contributed by atoms with Gasteiger partial charge in [-0.15, -0.1) is 0 Å². The Hall–Kier alpha value is -4.48. The van der Waals surface area contributed by atoms with E-state index in [1.165, 1.54) is 23.5 Å². The number of ether oxygens (including phenoxy) is 1. The number of aryl methyl sites for hydroxylation is 1. The second kappa shape index (κ2) is 13.5. The molecule has 3 aromatic carbocycles. The Kier molecular flexibility index (Phi) is 9.64. The molecule has 0 spiro atoms. The maximum atomic E-state index is 13.5. The van der Waals surface area contributed by atoms with Crippen molar-refractivity contribution in [2.24, 2.45) is 5.92 Å². The van der Waals surface area contributed by atoms with Gasteiger partial charge in [0.15, 0.2) is 0 Å². The van der Waals surface area contributed by atoms with E-state index in [1.54, 1.807) is 16.8 Å². The zero-order valence-electron chi connectivity index (χ0n) is 26.9. The summed E-state index contributed by atoms with van der Waals surface area (Å²) in [5, 5.41) is 10.8. The van der Waals surface area contributed by atoms with Crippen LogP contribution < -0.4 is 10.6 Å². The lowest BCUT2D eigenvalue weighted by atomic mass is 9.90. The molecular weight excluding hydrogens is 602 g/mol. The number of aromatic nitrogens is 2. The van der Waals surface area contributed by atoms with Crippen LogP contribution in [0.25, 0.3) is 5.69 Å². The van der Waals surface area contributed by atoms with Gasteiger partial charge in [-0.25, -0.2) is 22.7 Å². The molecule has 2 amide bonds. The lowest BCUT2D eigenvalue weighted by molar-refractivity contribution is 0.0596. The van der Waals surface area contributed by atoms with E-state index in [2.05, 4.69) is 31.4 Å². The van der Waals surface area contributed by atoms with Crippen LogP contribution in [0.4, 0.5) is 16.3 Å². The summed E-state index contributed by atoms with van der Waals surface area (Å²) >= 11 is 0. The van der Waals surface area contributed by atoms with Gasteiger partial charge in [0.25, 0.3) is 0 Å². The predicted molar refractivity (Wildman–Crippen MR) is 179 cm³/mol.